The van der Waals surface area contributed by atoms with Gasteiger partial charge in [0.1, 0.15) is 6.04 Å². The zero-order valence-electron chi connectivity index (χ0n) is 9.16. The SMILES string of the molecule is C[C@@H]1CN(C(=O)C2COCCN2)CCN1. The van der Waals surface area contributed by atoms with Crippen molar-refractivity contribution in [2.24, 2.45) is 0 Å². The fourth-order valence-corrected chi connectivity index (χ4v) is 2.08. The Morgan fingerprint density at radius 3 is 2.93 bits per heavy atom. The van der Waals surface area contributed by atoms with Crippen LogP contribution in [0.5, 0.6) is 0 Å². The lowest BCUT2D eigenvalue weighted by molar-refractivity contribution is -0.137. The van der Waals surface area contributed by atoms with Gasteiger partial charge in [-0.3, -0.25) is 4.79 Å². The average molecular weight is 213 g/mol. The Morgan fingerprint density at radius 2 is 2.27 bits per heavy atom. The van der Waals surface area contributed by atoms with E-state index in [9.17, 15) is 4.79 Å². The van der Waals surface area contributed by atoms with Crippen LogP contribution in [0.25, 0.3) is 0 Å². The van der Waals surface area contributed by atoms with E-state index in [1.165, 1.54) is 0 Å². The molecule has 0 aromatic carbocycles. The molecule has 2 heterocycles. The summed E-state index contributed by atoms with van der Waals surface area (Å²) < 4.78 is 5.30. The molecule has 5 heteroatoms. The largest absolute Gasteiger partial charge is 0.378 e. The van der Waals surface area contributed by atoms with Crippen LogP contribution in [0.4, 0.5) is 0 Å². The van der Waals surface area contributed by atoms with Crippen molar-refractivity contribution in [1.29, 1.82) is 0 Å². The van der Waals surface area contributed by atoms with Gasteiger partial charge < -0.3 is 20.3 Å². The molecule has 0 bridgehead atoms. The topological polar surface area (TPSA) is 53.6 Å². The number of carbonyl (C=O) groups is 1. The van der Waals surface area contributed by atoms with E-state index < -0.39 is 0 Å². The summed E-state index contributed by atoms with van der Waals surface area (Å²) in [5, 5.41) is 6.52. The number of morpholine rings is 1. The summed E-state index contributed by atoms with van der Waals surface area (Å²) in [6.07, 6.45) is 0. The first-order valence-electron chi connectivity index (χ1n) is 5.60. The number of carbonyl (C=O) groups excluding carboxylic acids is 1. The van der Waals surface area contributed by atoms with Crippen LogP contribution in [0.15, 0.2) is 0 Å². The Hall–Kier alpha value is -0.650. The average Bonchev–Trinajstić information content (AvgIpc) is 2.29. The molecule has 0 aromatic rings. The zero-order valence-corrected chi connectivity index (χ0v) is 9.16. The van der Waals surface area contributed by atoms with Crippen molar-refractivity contribution in [3.05, 3.63) is 0 Å². The van der Waals surface area contributed by atoms with E-state index in [1.807, 2.05) is 4.90 Å². The predicted molar refractivity (Wildman–Crippen MR) is 56.7 cm³/mol. The van der Waals surface area contributed by atoms with E-state index in [1.54, 1.807) is 0 Å². The van der Waals surface area contributed by atoms with Crippen LogP contribution in [0, 0.1) is 0 Å². The van der Waals surface area contributed by atoms with Gasteiger partial charge in [0.25, 0.3) is 0 Å². The minimum absolute atomic E-state index is 0.135. The van der Waals surface area contributed by atoms with Crippen LogP contribution in [0.2, 0.25) is 0 Å². The van der Waals surface area contributed by atoms with E-state index in [4.69, 9.17) is 4.74 Å². The molecule has 1 unspecified atom stereocenters. The van der Waals surface area contributed by atoms with Gasteiger partial charge in [-0.15, -0.1) is 0 Å². The summed E-state index contributed by atoms with van der Waals surface area (Å²) in [7, 11) is 0. The number of nitrogens with one attached hydrogen (secondary N) is 2. The molecular weight excluding hydrogens is 194 g/mol. The molecule has 0 aliphatic carbocycles. The van der Waals surface area contributed by atoms with E-state index in [-0.39, 0.29) is 11.9 Å². The molecule has 2 saturated heterocycles. The normalized spacial score (nSPS) is 32.7. The Kier molecular flexibility index (Phi) is 3.56. The molecule has 0 aromatic heterocycles. The van der Waals surface area contributed by atoms with Crippen molar-refractivity contribution in [2.75, 3.05) is 39.4 Å². The highest BCUT2D eigenvalue weighted by atomic mass is 16.5. The van der Waals surface area contributed by atoms with Gasteiger partial charge in [-0.2, -0.15) is 0 Å². The molecule has 15 heavy (non-hydrogen) atoms. The first-order valence-corrected chi connectivity index (χ1v) is 5.60. The molecule has 2 aliphatic rings. The number of piperazine rings is 1. The maximum absolute atomic E-state index is 12.1. The van der Waals surface area contributed by atoms with Gasteiger partial charge >= 0.3 is 0 Å². The Morgan fingerprint density at radius 1 is 1.40 bits per heavy atom. The molecule has 1 amide bonds. The standard InChI is InChI=1S/C10H19N3O2/c1-8-6-13(4-2-11-8)10(14)9-7-15-5-3-12-9/h8-9,11-12H,2-7H2,1H3/t8-,9?/m1/s1. The van der Waals surface area contributed by atoms with Gasteiger partial charge in [0.05, 0.1) is 13.2 Å². The molecular formula is C10H19N3O2. The molecule has 2 aliphatic heterocycles. The second-order valence-electron chi connectivity index (χ2n) is 4.22. The highest BCUT2D eigenvalue weighted by Crippen LogP contribution is 2.04. The maximum atomic E-state index is 12.1. The fourth-order valence-electron chi connectivity index (χ4n) is 2.08. The molecule has 0 spiro atoms. The maximum Gasteiger partial charge on any atom is 0.242 e. The van der Waals surface area contributed by atoms with Gasteiger partial charge in [0, 0.05) is 32.2 Å². The lowest BCUT2D eigenvalue weighted by atomic mass is 10.2. The van der Waals surface area contributed by atoms with Crippen LogP contribution in [-0.4, -0.2) is 62.3 Å². The number of ether oxygens (including phenoxy) is 1. The molecule has 2 rings (SSSR count). The summed E-state index contributed by atoms with van der Waals surface area (Å²) in [4.78, 5) is 14.0. The molecule has 0 radical (unpaired) electrons. The molecule has 5 nitrogen and oxygen atoms in total. The van der Waals surface area contributed by atoms with Crippen molar-refractivity contribution in [3.63, 3.8) is 0 Å². The third-order valence-electron chi connectivity index (χ3n) is 2.90. The van der Waals surface area contributed by atoms with Crippen LogP contribution in [0.1, 0.15) is 6.92 Å². The van der Waals surface area contributed by atoms with Gasteiger partial charge in [-0.05, 0) is 6.92 Å². The Balaban J connectivity index is 1.88. The number of nitrogens with zero attached hydrogens (tertiary/aromatic N) is 1. The van der Waals surface area contributed by atoms with Crippen molar-refractivity contribution >= 4 is 5.91 Å². The van der Waals surface area contributed by atoms with Gasteiger partial charge in [-0.1, -0.05) is 0 Å². The summed E-state index contributed by atoms with van der Waals surface area (Å²) in [6, 6.07) is 0.260. The van der Waals surface area contributed by atoms with Crippen LogP contribution < -0.4 is 10.6 Å². The highest BCUT2D eigenvalue weighted by Gasteiger charge is 2.28. The summed E-state index contributed by atoms with van der Waals surface area (Å²) in [5.41, 5.74) is 0. The molecule has 2 fully saturated rings. The van der Waals surface area contributed by atoms with Crippen LogP contribution >= 0.6 is 0 Å². The second kappa shape index (κ2) is 4.92. The van der Waals surface area contributed by atoms with E-state index >= 15 is 0 Å². The zero-order chi connectivity index (χ0) is 10.7. The minimum atomic E-state index is -0.135. The fraction of sp³-hybridized carbons (Fsp3) is 0.900. The lowest BCUT2D eigenvalue weighted by Gasteiger charge is -2.35. The third-order valence-corrected chi connectivity index (χ3v) is 2.90. The van der Waals surface area contributed by atoms with Gasteiger partial charge in [-0.25, -0.2) is 0 Å². The quantitative estimate of drug-likeness (QED) is 0.574. The molecule has 86 valence electrons. The smallest absolute Gasteiger partial charge is 0.242 e. The van der Waals surface area contributed by atoms with E-state index in [2.05, 4.69) is 17.6 Å². The Labute approximate surface area is 90.1 Å². The summed E-state index contributed by atoms with van der Waals surface area (Å²) >= 11 is 0. The summed E-state index contributed by atoms with van der Waals surface area (Å²) in [5.74, 6) is 0.183. The number of amides is 1. The number of rotatable bonds is 1. The second-order valence-corrected chi connectivity index (χ2v) is 4.22. The lowest BCUT2D eigenvalue weighted by Crippen LogP contribution is -2.58. The minimum Gasteiger partial charge on any atom is -0.378 e. The first-order chi connectivity index (χ1) is 7.27. The van der Waals surface area contributed by atoms with E-state index in [0.717, 1.165) is 26.2 Å². The van der Waals surface area contributed by atoms with Gasteiger partial charge in [0.15, 0.2) is 0 Å². The van der Waals surface area contributed by atoms with Crippen molar-refractivity contribution in [1.82, 2.24) is 15.5 Å². The van der Waals surface area contributed by atoms with Crippen LogP contribution in [0.3, 0.4) is 0 Å². The van der Waals surface area contributed by atoms with Crippen molar-refractivity contribution < 1.29 is 9.53 Å². The molecule has 2 N–H and O–H groups in total. The number of hydrogen-bond donors (Lipinski definition) is 2. The van der Waals surface area contributed by atoms with Crippen molar-refractivity contribution in [2.45, 2.75) is 19.0 Å². The number of hydrogen-bond acceptors (Lipinski definition) is 4. The third kappa shape index (κ3) is 2.68. The van der Waals surface area contributed by atoms with E-state index in [0.29, 0.717) is 19.3 Å². The highest BCUT2D eigenvalue weighted by molar-refractivity contribution is 5.82. The van der Waals surface area contributed by atoms with Crippen LogP contribution in [-0.2, 0) is 9.53 Å². The first kappa shape index (κ1) is 10.9. The predicted octanol–water partition coefficient (Wildman–Crippen LogP) is -1.20. The van der Waals surface area contributed by atoms with Crippen molar-refractivity contribution in [3.8, 4) is 0 Å². The Bertz CT molecular complexity index is 229. The monoisotopic (exact) mass is 213 g/mol. The van der Waals surface area contributed by atoms with Gasteiger partial charge in [0.2, 0.25) is 5.91 Å². The summed E-state index contributed by atoms with van der Waals surface area (Å²) in [6.45, 7) is 6.60. The molecule has 0 saturated carbocycles. The molecule has 2 atom stereocenters.